The van der Waals surface area contributed by atoms with Crippen molar-refractivity contribution in [2.45, 2.75) is 26.8 Å². The van der Waals surface area contributed by atoms with Crippen LogP contribution in [0, 0.1) is 6.92 Å². The van der Waals surface area contributed by atoms with Gasteiger partial charge in [-0.05, 0) is 49.8 Å². The summed E-state index contributed by atoms with van der Waals surface area (Å²) in [4.78, 5) is 43.3. The van der Waals surface area contributed by atoms with E-state index in [0.717, 1.165) is 6.08 Å². The van der Waals surface area contributed by atoms with Crippen molar-refractivity contribution in [3.8, 4) is 11.1 Å². The Bertz CT molecular complexity index is 1550. The number of para-hydroxylation sites is 1. The number of carbonyl (C=O) groups is 2. The molecule has 0 saturated heterocycles. The monoisotopic (exact) mass is 523 g/mol. The number of halogens is 2. The van der Waals surface area contributed by atoms with Gasteiger partial charge in [-0.2, -0.15) is 0 Å². The number of imidazole rings is 1. The molecule has 4 aromatic rings. The summed E-state index contributed by atoms with van der Waals surface area (Å²) in [5.41, 5.74) is 2.52. The summed E-state index contributed by atoms with van der Waals surface area (Å²) in [6.07, 6.45) is 3.19. The highest BCUT2D eigenvalue weighted by molar-refractivity contribution is 6.34. The number of nitrogens with one attached hydrogen (secondary N) is 2. The lowest BCUT2D eigenvalue weighted by atomic mass is 10.0. The Kier molecular flexibility index (Phi) is 7.28. The number of hydrogen-bond donors (Lipinski definition) is 2. The van der Waals surface area contributed by atoms with Crippen LogP contribution < -0.4 is 16.2 Å². The smallest absolute Gasteiger partial charge is 0.267 e. The zero-order valence-electron chi connectivity index (χ0n) is 19.6. The van der Waals surface area contributed by atoms with Crippen molar-refractivity contribution in [1.29, 1.82) is 0 Å². The maximum Gasteiger partial charge on any atom is 0.267 e. The van der Waals surface area contributed by atoms with Crippen molar-refractivity contribution in [3.05, 3.63) is 93.1 Å². The van der Waals surface area contributed by atoms with Gasteiger partial charge in [0.2, 0.25) is 17.6 Å². The zero-order valence-corrected chi connectivity index (χ0v) is 21.2. The van der Waals surface area contributed by atoms with E-state index in [9.17, 15) is 14.4 Å². The first-order chi connectivity index (χ1) is 17.2. The van der Waals surface area contributed by atoms with E-state index in [1.807, 2.05) is 6.92 Å². The standard InChI is InChI=1S/C26H23Cl2N5O3/c1-4-20-23(18-7-6-8-19(28)24(18)31-21(34)5-2)25(36)33-13-15(3)32(26(33)30-20)14-22(35)29-17-11-9-16(27)10-12-17/h5-13H,2,4,14H2,1,3H3,(H,29,35)(H,31,34). The summed E-state index contributed by atoms with van der Waals surface area (Å²) in [6, 6.07) is 11.8. The van der Waals surface area contributed by atoms with E-state index in [0.29, 0.717) is 51.1 Å². The predicted molar refractivity (Wildman–Crippen MR) is 143 cm³/mol. The molecule has 0 spiro atoms. The number of anilines is 2. The third-order valence-electron chi connectivity index (χ3n) is 5.64. The highest BCUT2D eigenvalue weighted by Gasteiger charge is 2.22. The van der Waals surface area contributed by atoms with E-state index in [1.165, 1.54) is 4.40 Å². The van der Waals surface area contributed by atoms with Gasteiger partial charge in [0.25, 0.3) is 5.56 Å². The van der Waals surface area contributed by atoms with Gasteiger partial charge in [-0.3, -0.25) is 18.8 Å². The molecule has 36 heavy (non-hydrogen) atoms. The molecule has 10 heteroatoms. The largest absolute Gasteiger partial charge is 0.325 e. The molecule has 0 unspecified atom stereocenters. The number of amides is 2. The maximum atomic E-state index is 13.7. The first kappa shape index (κ1) is 25.2. The Labute approximate surface area is 217 Å². The van der Waals surface area contributed by atoms with Gasteiger partial charge < -0.3 is 15.2 Å². The Balaban J connectivity index is 1.80. The lowest BCUT2D eigenvalue weighted by Gasteiger charge is -2.15. The van der Waals surface area contributed by atoms with Gasteiger partial charge in [0.1, 0.15) is 6.54 Å². The second-order valence-corrected chi connectivity index (χ2v) is 8.87. The second kappa shape index (κ2) is 10.4. The summed E-state index contributed by atoms with van der Waals surface area (Å²) in [5, 5.41) is 6.36. The molecular formula is C26H23Cl2N5O3. The van der Waals surface area contributed by atoms with Gasteiger partial charge in [0.15, 0.2) is 0 Å². The Morgan fingerprint density at radius 1 is 1.11 bits per heavy atom. The van der Waals surface area contributed by atoms with E-state index in [4.69, 9.17) is 28.2 Å². The minimum Gasteiger partial charge on any atom is -0.325 e. The van der Waals surface area contributed by atoms with E-state index in [1.54, 1.807) is 60.2 Å². The molecule has 8 nitrogen and oxygen atoms in total. The van der Waals surface area contributed by atoms with Crippen LogP contribution in [0.1, 0.15) is 18.3 Å². The summed E-state index contributed by atoms with van der Waals surface area (Å²) in [6.45, 7) is 7.10. The molecule has 0 aliphatic heterocycles. The summed E-state index contributed by atoms with van der Waals surface area (Å²) in [5.74, 6) is -0.396. The van der Waals surface area contributed by atoms with Gasteiger partial charge in [-0.25, -0.2) is 4.98 Å². The van der Waals surface area contributed by atoms with Crippen molar-refractivity contribution in [2.24, 2.45) is 0 Å². The average molecular weight is 524 g/mol. The molecule has 0 aliphatic carbocycles. The van der Waals surface area contributed by atoms with Crippen LogP contribution in [0.4, 0.5) is 11.4 Å². The average Bonchev–Trinajstić information content (AvgIpc) is 3.17. The molecule has 184 valence electrons. The molecule has 2 aromatic heterocycles. The van der Waals surface area contributed by atoms with Crippen LogP contribution >= 0.6 is 23.2 Å². The molecule has 4 rings (SSSR count). The molecule has 2 N–H and O–H groups in total. The molecule has 0 fully saturated rings. The Hall–Kier alpha value is -3.88. The fraction of sp³-hybridized carbons (Fsp3) is 0.154. The number of rotatable bonds is 7. The summed E-state index contributed by atoms with van der Waals surface area (Å²) >= 11 is 12.3. The second-order valence-electron chi connectivity index (χ2n) is 8.03. The van der Waals surface area contributed by atoms with Crippen LogP contribution in [0.5, 0.6) is 0 Å². The SMILES string of the molecule is C=CC(=O)Nc1c(Cl)cccc1-c1c(CC)nc2n(CC(=O)Nc3ccc(Cl)cc3)c(C)cn2c1=O. The fourth-order valence-electron chi connectivity index (χ4n) is 3.92. The first-order valence-corrected chi connectivity index (χ1v) is 11.9. The van der Waals surface area contributed by atoms with Gasteiger partial charge >= 0.3 is 0 Å². The summed E-state index contributed by atoms with van der Waals surface area (Å²) in [7, 11) is 0. The van der Waals surface area contributed by atoms with Gasteiger partial charge in [-0.15, -0.1) is 0 Å². The number of fused-ring (bicyclic) bond motifs is 1. The molecular weight excluding hydrogens is 501 g/mol. The number of carbonyl (C=O) groups excluding carboxylic acids is 2. The summed E-state index contributed by atoms with van der Waals surface area (Å²) < 4.78 is 3.08. The maximum absolute atomic E-state index is 13.7. The minimum atomic E-state index is -0.453. The van der Waals surface area contributed by atoms with E-state index >= 15 is 0 Å². The van der Waals surface area contributed by atoms with Crippen molar-refractivity contribution < 1.29 is 9.59 Å². The highest BCUT2D eigenvalue weighted by atomic mass is 35.5. The number of hydrogen-bond acceptors (Lipinski definition) is 4. The van der Waals surface area contributed by atoms with Crippen molar-refractivity contribution in [3.63, 3.8) is 0 Å². The van der Waals surface area contributed by atoms with Crippen LogP contribution in [0.15, 0.2) is 66.1 Å². The Morgan fingerprint density at radius 2 is 1.83 bits per heavy atom. The van der Waals surface area contributed by atoms with Crippen LogP contribution in [-0.4, -0.2) is 25.8 Å². The van der Waals surface area contributed by atoms with Crippen molar-refractivity contribution in [1.82, 2.24) is 14.0 Å². The van der Waals surface area contributed by atoms with Crippen LogP contribution in [0.2, 0.25) is 10.0 Å². The van der Waals surface area contributed by atoms with Gasteiger partial charge in [0, 0.05) is 28.2 Å². The molecule has 0 saturated carbocycles. The lowest BCUT2D eigenvalue weighted by Crippen LogP contribution is -2.23. The predicted octanol–water partition coefficient (Wildman–Crippen LogP) is 5.10. The highest BCUT2D eigenvalue weighted by Crippen LogP contribution is 2.34. The third kappa shape index (κ3) is 4.91. The van der Waals surface area contributed by atoms with Crippen LogP contribution in [0.25, 0.3) is 16.9 Å². The molecule has 2 heterocycles. The number of nitrogens with zero attached hydrogens (tertiary/aromatic N) is 3. The van der Waals surface area contributed by atoms with Gasteiger partial charge in [-0.1, -0.05) is 48.8 Å². The molecule has 0 atom stereocenters. The molecule has 2 aromatic carbocycles. The topological polar surface area (TPSA) is 97.5 Å². The quantitative estimate of drug-likeness (QED) is 0.329. The van der Waals surface area contributed by atoms with Crippen LogP contribution in [-0.2, 0) is 22.6 Å². The Morgan fingerprint density at radius 3 is 2.50 bits per heavy atom. The van der Waals surface area contributed by atoms with Gasteiger partial charge in [0.05, 0.1) is 22.0 Å². The molecule has 0 radical (unpaired) electrons. The first-order valence-electron chi connectivity index (χ1n) is 11.1. The van der Waals surface area contributed by atoms with E-state index in [-0.39, 0.29) is 23.0 Å². The number of aryl methyl sites for hydroxylation is 2. The molecule has 0 aliphatic rings. The lowest BCUT2D eigenvalue weighted by molar-refractivity contribution is -0.116. The molecule has 2 amide bonds. The fourth-order valence-corrected chi connectivity index (χ4v) is 4.27. The van der Waals surface area contributed by atoms with E-state index in [2.05, 4.69) is 17.2 Å². The van der Waals surface area contributed by atoms with Crippen molar-refractivity contribution in [2.75, 3.05) is 10.6 Å². The van der Waals surface area contributed by atoms with Crippen LogP contribution in [0.3, 0.4) is 0 Å². The number of benzene rings is 2. The zero-order chi connectivity index (χ0) is 26.0. The minimum absolute atomic E-state index is 0.0439. The van der Waals surface area contributed by atoms with Crippen molar-refractivity contribution >= 4 is 52.2 Å². The number of aromatic nitrogens is 3. The third-order valence-corrected chi connectivity index (χ3v) is 6.20. The van der Waals surface area contributed by atoms with E-state index < -0.39 is 5.91 Å². The molecule has 0 bridgehead atoms. The normalized spacial score (nSPS) is 10.9.